The molecule has 0 atom stereocenters. The van der Waals surface area contributed by atoms with Crippen LogP contribution >= 0.6 is 0 Å². The molecule has 1 saturated heterocycles. The van der Waals surface area contributed by atoms with Gasteiger partial charge in [-0.05, 0) is 13.3 Å². The molecule has 3 nitrogen and oxygen atoms in total. The highest BCUT2D eigenvalue weighted by molar-refractivity contribution is 6.00. The quantitative estimate of drug-likeness (QED) is 0.553. The highest BCUT2D eigenvalue weighted by atomic mass is 16.2. The summed E-state index contributed by atoms with van der Waals surface area (Å²) in [6.07, 6.45) is 1.19. The van der Waals surface area contributed by atoms with E-state index in [1.165, 1.54) is 4.90 Å². The molecule has 0 N–H and O–H groups in total. The van der Waals surface area contributed by atoms with Crippen LogP contribution in [0.1, 0.15) is 33.6 Å². The van der Waals surface area contributed by atoms with Crippen molar-refractivity contribution in [3.05, 3.63) is 0 Å². The molecule has 0 saturated carbocycles. The third-order valence-electron chi connectivity index (χ3n) is 2.41. The fourth-order valence-electron chi connectivity index (χ4n) is 1.46. The standard InChI is InChI=1S/C9H15NO2/c1-4-10-7(11)5-6-9(2,3)8(10)12/h4-6H2,1-3H3. The van der Waals surface area contributed by atoms with Crippen LogP contribution in [0.5, 0.6) is 0 Å². The Morgan fingerprint density at radius 3 is 2.42 bits per heavy atom. The summed E-state index contributed by atoms with van der Waals surface area (Å²) in [6, 6.07) is 0. The summed E-state index contributed by atoms with van der Waals surface area (Å²) >= 11 is 0. The number of likely N-dealkylation sites (tertiary alicyclic amines) is 1. The third-order valence-corrected chi connectivity index (χ3v) is 2.41. The Hall–Kier alpha value is -0.860. The Bertz CT molecular complexity index is 221. The zero-order chi connectivity index (χ0) is 9.35. The highest BCUT2D eigenvalue weighted by Gasteiger charge is 2.38. The summed E-state index contributed by atoms with van der Waals surface area (Å²) in [5.74, 6) is -0.0527. The molecule has 3 heteroatoms. The molecule has 0 aromatic heterocycles. The van der Waals surface area contributed by atoms with Gasteiger partial charge in [0.2, 0.25) is 11.8 Å². The van der Waals surface area contributed by atoms with Gasteiger partial charge < -0.3 is 0 Å². The van der Waals surface area contributed by atoms with Gasteiger partial charge in [0, 0.05) is 18.4 Å². The lowest BCUT2D eigenvalue weighted by Crippen LogP contribution is -2.48. The molecule has 0 unspecified atom stereocenters. The first-order valence-corrected chi connectivity index (χ1v) is 4.34. The summed E-state index contributed by atoms with van der Waals surface area (Å²) in [6.45, 7) is 6.12. The fourth-order valence-corrected chi connectivity index (χ4v) is 1.46. The smallest absolute Gasteiger partial charge is 0.234 e. The van der Waals surface area contributed by atoms with Gasteiger partial charge in [0.15, 0.2) is 0 Å². The molecule has 0 spiro atoms. The molecule has 1 aliphatic rings. The minimum Gasteiger partial charge on any atom is -0.282 e. The number of imide groups is 1. The van der Waals surface area contributed by atoms with E-state index in [0.29, 0.717) is 19.4 Å². The molecule has 1 rings (SSSR count). The van der Waals surface area contributed by atoms with Gasteiger partial charge in [0.1, 0.15) is 0 Å². The molecule has 1 aliphatic heterocycles. The lowest BCUT2D eigenvalue weighted by Gasteiger charge is -2.34. The lowest BCUT2D eigenvalue weighted by atomic mass is 9.83. The van der Waals surface area contributed by atoms with Crippen molar-refractivity contribution in [1.29, 1.82) is 0 Å². The van der Waals surface area contributed by atoms with Gasteiger partial charge in [-0.1, -0.05) is 13.8 Å². The second kappa shape index (κ2) is 2.88. The van der Waals surface area contributed by atoms with Crippen LogP contribution in [0.4, 0.5) is 0 Å². The summed E-state index contributed by atoms with van der Waals surface area (Å²) in [7, 11) is 0. The number of amides is 2. The second-order valence-electron chi connectivity index (χ2n) is 3.83. The van der Waals surface area contributed by atoms with E-state index in [1.807, 2.05) is 20.8 Å². The van der Waals surface area contributed by atoms with E-state index < -0.39 is 0 Å². The van der Waals surface area contributed by atoms with E-state index in [4.69, 9.17) is 0 Å². The lowest BCUT2D eigenvalue weighted by molar-refractivity contribution is -0.155. The molecule has 68 valence electrons. The molecule has 0 aliphatic carbocycles. The first-order valence-electron chi connectivity index (χ1n) is 4.34. The number of piperidine rings is 1. The number of hydrogen-bond acceptors (Lipinski definition) is 2. The van der Waals surface area contributed by atoms with Gasteiger partial charge in [-0.15, -0.1) is 0 Å². The van der Waals surface area contributed by atoms with Gasteiger partial charge in [0.05, 0.1) is 0 Å². The molecular weight excluding hydrogens is 154 g/mol. The second-order valence-corrected chi connectivity index (χ2v) is 3.83. The minimum absolute atomic E-state index is 0.0261. The van der Waals surface area contributed by atoms with E-state index in [1.54, 1.807) is 0 Å². The average molecular weight is 169 g/mol. The number of carbonyl (C=O) groups excluding carboxylic acids is 2. The highest BCUT2D eigenvalue weighted by Crippen LogP contribution is 2.30. The molecule has 2 amide bonds. The van der Waals surface area contributed by atoms with Crippen molar-refractivity contribution in [3.63, 3.8) is 0 Å². The molecule has 1 heterocycles. The Morgan fingerprint density at radius 1 is 1.42 bits per heavy atom. The zero-order valence-corrected chi connectivity index (χ0v) is 7.89. The number of rotatable bonds is 1. The normalized spacial score (nSPS) is 23.1. The van der Waals surface area contributed by atoms with Crippen LogP contribution in [0.15, 0.2) is 0 Å². The number of nitrogens with zero attached hydrogens (tertiary/aromatic N) is 1. The molecule has 1 fully saturated rings. The van der Waals surface area contributed by atoms with Crippen LogP contribution in [-0.2, 0) is 9.59 Å². The zero-order valence-electron chi connectivity index (χ0n) is 7.89. The van der Waals surface area contributed by atoms with Crippen molar-refractivity contribution < 1.29 is 9.59 Å². The van der Waals surface area contributed by atoms with Gasteiger partial charge in [-0.25, -0.2) is 0 Å². The maximum absolute atomic E-state index is 11.6. The maximum Gasteiger partial charge on any atom is 0.234 e. The van der Waals surface area contributed by atoms with Crippen molar-refractivity contribution in [2.45, 2.75) is 33.6 Å². The molecule has 12 heavy (non-hydrogen) atoms. The molecule has 0 radical (unpaired) electrons. The first kappa shape index (κ1) is 9.23. The van der Waals surface area contributed by atoms with Gasteiger partial charge in [0.25, 0.3) is 0 Å². The van der Waals surface area contributed by atoms with Gasteiger partial charge in [-0.3, -0.25) is 14.5 Å². The van der Waals surface area contributed by atoms with Crippen molar-refractivity contribution in [2.75, 3.05) is 6.54 Å². The van der Waals surface area contributed by atoms with Crippen LogP contribution in [0.25, 0.3) is 0 Å². The van der Waals surface area contributed by atoms with Crippen LogP contribution in [0.2, 0.25) is 0 Å². The van der Waals surface area contributed by atoms with Crippen LogP contribution < -0.4 is 0 Å². The molecule has 0 bridgehead atoms. The van der Waals surface area contributed by atoms with Crippen molar-refractivity contribution in [1.82, 2.24) is 4.90 Å². The monoisotopic (exact) mass is 169 g/mol. The van der Waals surface area contributed by atoms with E-state index >= 15 is 0 Å². The fraction of sp³-hybridized carbons (Fsp3) is 0.778. The Balaban J connectivity index is 2.85. The van der Waals surface area contributed by atoms with Crippen LogP contribution in [0, 0.1) is 5.41 Å². The SMILES string of the molecule is CCN1C(=O)CCC(C)(C)C1=O. The Kier molecular flexibility index (Phi) is 2.22. The average Bonchev–Trinajstić information content (AvgIpc) is 2.00. The first-order chi connectivity index (χ1) is 5.49. The Labute approximate surface area is 72.7 Å². The van der Waals surface area contributed by atoms with E-state index in [9.17, 15) is 9.59 Å². The molecule has 0 aromatic carbocycles. The van der Waals surface area contributed by atoms with Crippen molar-refractivity contribution in [2.24, 2.45) is 5.41 Å². The Morgan fingerprint density at radius 2 is 2.00 bits per heavy atom. The van der Waals surface area contributed by atoms with Crippen molar-refractivity contribution in [3.8, 4) is 0 Å². The third kappa shape index (κ3) is 1.36. The summed E-state index contributed by atoms with van der Waals surface area (Å²) in [5.41, 5.74) is -0.343. The van der Waals surface area contributed by atoms with E-state index in [-0.39, 0.29) is 17.2 Å². The summed E-state index contributed by atoms with van der Waals surface area (Å²) in [4.78, 5) is 24.2. The van der Waals surface area contributed by atoms with Crippen LogP contribution in [0.3, 0.4) is 0 Å². The predicted octanol–water partition coefficient (Wildman–Crippen LogP) is 1.18. The summed E-state index contributed by atoms with van der Waals surface area (Å²) in [5, 5.41) is 0. The van der Waals surface area contributed by atoms with E-state index in [0.717, 1.165) is 0 Å². The predicted molar refractivity (Wildman–Crippen MR) is 45.4 cm³/mol. The van der Waals surface area contributed by atoms with E-state index in [2.05, 4.69) is 0 Å². The summed E-state index contributed by atoms with van der Waals surface area (Å²) < 4.78 is 0. The number of hydrogen-bond donors (Lipinski definition) is 0. The van der Waals surface area contributed by atoms with Crippen LogP contribution in [-0.4, -0.2) is 23.3 Å². The van der Waals surface area contributed by atoms with Gasteiger partial charge in [-0.2, -0.15) is 0 Å². The number of carbonyl (C=O) groups is 2. The molecule has 0 aromatic rings. The minimum atomic E-state index is -0.343. The topological polar surface area (TPSA) is 37.4 Å². The maximum atomic E-state index is 11.6. The largest absolute Gasteiger partial charge is 0.282 e. The van der Waals surface area contributed by atoms with Crippen molar-refractivity contribution >= 4 is 11.8 Å². The molecular formula is C9H15NO2. The van der Waals surface area contributed by atoms with Gasteiger partial charge >= 0.3 is 0 Å².